The van der Waals surface area contributed by atoms with Gasteiger partial charge in [-0.1, -0.05) is 18.5 Å². The van der Waals surface area contributed by atoms with E-state index in [-0.39, 0.29) is 46.0 Å². The van der Waals surface area contributed by atoms with Crippen LogP contribution in [-0.2, 0) is 11.0 Å². The molecule has 2 unspecified atom stereocenters. The smallest absolute Gasteiger partial charge is 0.361 e. The molecule has 4 atom stereocenters. The number of hydrogen-bond donors (Lipinski definition) is 2. The summed E-state index contributed by atoms with van der Waals surface area (Å²) in [5.41, 5.74) is 2.16. The summed E-state index contributed by atoms with van der Waals surface area (Å²) in [4.78, 5) is 39.2. The van der Waals surface area contributed by atoms with Crippen molar-refractivity contribution in [2.24, 2.45) is 0 Å². The number of rotatable bonds is 3. The number of fused-ring (bicyclic) bond motifs is 4. The van der Waals surface area contributed by atoms with Crippen molar-refractivity contribution in [2.75, 3.05) is 23.3 Å². The van der Waals surface area contributed by atoms with Crippen LogP contribution in [0.3, 0.4) is 0 Å². The second-order valence-electron chi connectivity index (χ2n) is 10.7. The molecule has 6 rings (SSSR count). The molecule has 3 aromatic rings. The molecule has 0 spiro atoms. The maximum Gasteiger partial charge on any atom is 0.416 e. The van der Waals surface area contributed by atoms with E-state index in [1.807, 2.05) is 11.5 Å². The summed E-state index contributed by atoms with van der Waals surface area (Å²) in [6, 6.07) is 2.59. The Labute approximate surface area is 239 Å². The summed E-state index contributed by atoms with van der Waals surface area (Å²) in [5.74, 6) is -0.590. The van der Waals surface area contributed by atoms with Crippen LogP contribution in [0.2, 0.25) is 5.02 Å². The number of alkyl halides is 3. The predicted octanol–water partition coefficient (Wildman–Crippen LogP) is 5.13. The third kappa shape index (κ3) is 4.52. The third-order valence-corrected chi connectivity index (χ3v) is 8.66. The van der Waals surface area contributed by atoms with Crippen molar-refractivity contribution in [1.29, 1.82) is 0 Å². The van der Waals surface area contributed by atoms with Crippen molar-refractivity contribution in [1.82, 2.24) is 19.9 Å². The zero-order valence-electron chi connectivity index (χ0n) is 22.1. The number of carbonyl (C=O) groups excluding carboxylic acids is 1. The van der Waals surface area contributed by atoms with Crippen LogP contribution in [0.15, 0.2) is 23.0 Å². The van der Waals surface area contributed by atoms with Crippen molar-refractivity contribution in [3.8, 4) is 0 Å². The van der Waals surface area contributed by atoms with E-state index in [2.05, 4.69) is 20.5 Å². The average molecular weight is 597 g/mol. The normalized spacial score (nSPS) is 23.7. The molecule has 3 aliphatic rings. The van der Waals surface area contributed by atoms with Gasteiger partial charge in [-0.3, -0.25) is 9.59 Å². The van der Waals surface area contributed by atoms with Gasteiger partial charge < -0.3 is 20.1 Å². The lowest BCUT2D eigenvalue weighted by Crippen LogP contribution is -2.64. The predicted molar refractivity (Wildman–Crippen MR) is 150 cm³/mol. The van der Waals surface area contributed by atoms with Crippen LogP contribution < -0.4 is 21.0 Å². The Bertz CT molecular complexity index is 1580. The number of aromatic nitrogens is 3. The maximum absolute atomic E-state index is 14.0. The second kappa shape index (κ2) is 10.2. The molecule has 2 aromatic heterocycles. The van der Waals surface area contributed by atoms with E-state index >= 15 is 0 Å². The van der Waals surface area contributed by atoms with Crippen molar-refractivity contribution < 1.29 is 18.0 Å². The first-order valence-corrected chi connectivity index (χ1v) is 13.4. The van der Waals surface area contributed by atoms with Crippen LogP contribution in [0.5, 0.6) is 0 Å². The molecular formula is C27H29Cl2F3N6O2. The largest absolute Gasteiger partial charge is 0.416 e. The van der Waals surface area contributed by atoms with Gasteiger partial charge in [0, 0.05) is 31.1 Å². The minimum atomic E-state index is -4.55. The second-order valence-corrected chi connectivity index (χ2v) is 11.1. The standard InChI is InChI=1S/C27H28ClF3N6O2.ClH/c1-12-10-20(26(39)35-17-5-4-15(11-16(17)28)27(29,30)31)37-22(12)23(36-9-8-32-18-6-7-19(18)36)24(38)21-25(37)34-14(3)13(2)33-21;/h4-5,11-12,18-20,32H,6-10H2,1-3H3,(H,35,39);1H/t12?,18-,19-,20?;/m0./s1. The summed E-state index contributed by atoms with van der Waals surface area (Å²) in [7, 11) is 0. The molecule has 1 saturated heterocycles. The molecule has 1 amide bonds. The molecule has 4 heterocycles. The average Bonchev–Trinajstić information content (AvgIpc) is 3.19. The molecule has 1 aliphatic carbocycles. The van der Waals surface area contributed by atoms with Gasteiger partial charge in [0.15, 0.2) is 11.2 Å². The van der Waals surface area contributed by atoms with Gasteiger partial charge >= 0.3 is 6.18 Å². The highest BCUT2D eigenvalue weighted by Gasteiger charge is 2.44. The first-order chi connectivity index (χ1) is 18.5. The molecule has 1 aromatic carbocycles. The van der Waals surface area contributed by atoms with Gasteiger partial charge in [-0.25, -0.2) is 9.97 Å². The van der Waals surface area contributed by atoms with Crippen LogP contribution in [0, 0.1) is 13.8 Å². The van der Waals surface area contributed by atoms with E-state index < -0.39 is 23.7 Å². The molecule has 2 N–H and O–H groups in total. The summed E-state index contributed by atoms with van der Waals surface area (Å²) in [6.45, 7) is 7.00. The zero-order chi connectivity index (χ0) is 27.8. The number of halogens is 5. The summed E-state index contributed by atoms with van der Waals surface area (Å²) in [5, 5.41) is 6.02. The minimum absolute atomic E-state index is 0. The third-order valence-electron chi connectivity index (χ3n) is 8.35. The Kier molecular flexibility index (Phi) is 7.29. The van der Waals surface area contributed by atoms with E-state index in [4.69, 9.17) is 16.6 Å². The molecule has 1 saturated carbocycles. The van der Waals surface area contributed by atoms with Crippen LogP contribution in [0.1, 0.15) is 60.8 Å². The summed E-state index contributed by atoms with van der Waals surface area (Å²) >= 11 is 6.13. The Morgan fingerprint density at radius 1 is 1.18 bits per heavy atom. The monoisotopic (exact) mass is 596 g/mol. The molecule has 13 heteroatoms. The first-order valence-electron chi connectivity index (χ1n) is 13.1. The zero-order valence-corrected chi connectivity index (χ0v) is 23.7. The SMILES string of the molecule is Cc1nc2c(=O)c(N3CCN[C@H]4CC[C@@H]43)c3n(c2nc1C)C(C(=O)Nc1ccc(C(F)(F)F)cc1Cl)CC3C.Cl. The number of aryl methyl sites for hydroxylation is 2. The fourth-order valence-electron chi connectivity index (χ4n) is 6.12. The van der Waals surface area contributed by atoms with Gasteiger partial charge in [0.1, 0.15) is 11.7 Å². The number of nitrogens with one attached hydrogen (secondary N) is 2. The number of hydrogen-bond acceptors (Lipinski definition) is 6. The van der Waals surface area contributed by atoms with E-state index in [0.717, 1.165) is 43.3 Å². The fourth-order valence-corrected chi connectivity index (χ4v) is 6.35. The molecule has 214 valence electrons. The fraction of sp³-hybridized carbons (Fsp3) is 0.481. The lowest BCUT2D eigenvalue weighted by Gasteiger charge is -2.50. The Morgan fingerprint density at radius 3 is 2.55 bits per heavy atom. The number of carbonyl (C=O) groups is 1. The number of nitrogens with zero attached hydrogens (tertiary/aromatic N) is 4. The lowest BCUT2D eigenvalue weighted by atomic mass is 9.82. The van der Waals surface area contributed by atoms with Crippen molar-refractivity contribution in [3.63, 3.8) is 0 Å². The van der Waals surface area contributed by atoms with Gasteiger partial charge in [0.25, 0.3) is 0 Å². The highest BCUT2D eigenvalue weighted by Crippen LogP contribution is 2.44. The lowest BCUT2D eigenvalue weighted by molar-refractivity contribution is -0.137. The van der Waals surface area contributed by atoms with Crippen molar-refractivity contribution in [3.05, 3.63) is 56.1 Å². The van der Waals surface area contributed by atoms with Gasteiger partial charge in [0.05, 0.1) is 33.4 Å². The quantitative estimate of drug-likeness (QED) is 0.435. The summed E-state index contributed by atoms with van der Waals surface area (Å²) < 4.78 is 41.1. The number of anilines is 2. The number of pyridine rings is 1. The van der Waals surface area contributed by atoms with E-state index in [1.165, 1.54) is 0 Å². The molecule has 0 bridgehead atoms. The molecule has 40 heavy (non-hydrogen) atoms. The summed E-state index contributed by atoms with van der Waals surface area (Å²) in [6.07, 6.45) is -2.14. The Balaban J connectivity index is 0.00000323. The van der Waals surface area contributed by atoms with Gasteiger partial charge in [0.2, 0.25) is 11.3 Å². The highest BCUT2D eigenvalue weighted by molar-refractivity contribution is 6.33. The van der Waals surface area contributed by atoms with Crippen LogP contribution >= 0.6 is 24.0 Å². The molecular weight excluding hydrogens is 568 g/mol. The van der Waals surface area contributed by atoms with Crippen molar-refractivity contribution in [2.45, 2.75) is 70.3 Å². The van der Waals surface area contributed by atoms with E-state index in [1.54, 1.807) is 13.8 Å². The van der Waals surface area contributed by atoms with Crippen molar-refractivity contribution >= 4 is 52.5 Å². The maximum atomic E-state index is 14.0. The van der Waals surface area contributed by atoms with E-state index in [9.17, 15) is 22.8 Å². The van der Waals surface area contributed by atoms with Gasteiger partial charge in [-0.05, 0) is 51.3 Å². The van der Waals surface area contributed by atoms with Crippen LogP contribution in [0.4, 0.5) is 24.5 Å². The Hall–Kier alpha value is -2.89. The van der Waals surface area contributed by atoms with Gasteiger partial charge in [-0.15, -0.1) is 12.4 Å². The number of piperazine rings is 1. The molecule has 8 nitrogen and oxygen atoms in total. The van der Waals surface area contributed by atoms with E-state index in [0.29, 0.717) is 41.7 Å². The number of amides is 1. The van der Waals surface area contributed by atoms with Gasteiger partial charge in [-0.2, -0.15) is 13.2 Å². The topological polar surface area (TPSA) is 92.2 Å². The molecule has 2 aliphatic heterocycles. The highest BCUT2D eigenvalue weighted by atomic mass is 35.5. The first kappa shape index (κ1) is 28.6. The number of benzene rings is 1. The van der Waals surface area contributed by atoms with Crippen LogP contribution in [0.25, 0.3) is 11.2 Å². The Morgan fingerprint density at radius 2 is 1.90 bits per heavy atom. The molecule has 2 fully saturated rings. The molecule has 0 radical (unpaired) electrons. The minimum Gasteiger partial charge on any atom is -0.361 e. The van der Waals surface area contributed by atoms with Crippen LogP contribution in [-0.4, -0.2) is 45.6 Å².